The van der Waals surface area contributed by atoms with Gasteiger partial charge in [-0.15, -0.1) is 11.6 Å². The fraction of sp³-hybridized carbons (Fsp3) is 0.250. The number of aromatic nitrogens is 1. The minimum Gasteiger partial charge on any atom is -0.263 e. The zero-order valence-corrected chi connectivity index (χ0v) is 8.72. The highest BCUT2D eigenvalue weighted by molar-refractivity contribution is 7.91. The van der Waals surface area contributed by atoms with Crippen LogP contribution in [-0.4, -0.2) is 25.0 Å². The van der Waals surface area contributed by atoms with Gasteiger partial charge in [-0.2, -0.15) is 5.26 Å². The topological polar surface area (TPSA) is 70.8 Å². The summed E-state index contributed by atoms with van der Waals surface area (Å²) >= 11 is 5.35. The van der Waals surface area contributed by atoms with E-state index in [1.54, 1.807) is 6.07 Å². The molecule has 0 spiro atoms. The van der Waals surface area contributed by atoms with E-state index in [2.05, 4.69) is 4.98 Å². The summed E-state index contributed by atoms with van der Waals surface area (Å²) in [6, 6.07) is 3.16. The summed E-state index contributed by atoms with van der Waals surface area (Å²) in [6.45, 7) is 0. The summed E-state index contributed by atoms with van der Waals surface area (Å²) in [7, 11) is -3.47. The van der Waals surface area contributed by atoms with Crippen LogP contribution in [0, 0.1) is 11.3 Å². The van der Waals surface area contributed by atoms with Gasteiger partial charge in [0.15, 0.2) is 9.84 Å². The molecule has 0 radical (unpaired) electrons. The predicted octanol–water partition coefficient (Wildman–Crippen LogP) is 0.966. The third kappa shape index (κ3) is 2.22. The number of nitrogens with zero attached hydrogens (tertiary/aromatic N) is 2. The molecule has 0 aliphatic rings. The Hall–Kier alpha value is -1.12. The molecule has 0 N–H and O–H groups in total. The standard InChI is InChI=1S/C8H7ClN2O2S/c9-2-4-14(12,13)8-6-11-3-1-7(8)5-10/h1,3,6H,2,4H2. The first-order valence-electron chi connectivity index (χ1n) is 3.74. The van der Waals surface area contributed by atoms with Crippen molar-refractivity contribution in [3.05, 3.63) is 24.0 Å². The van der Waals surface area contributed by atoms with E-state index in [0.717, 1.165) is 0 Å². The van der Waals surface area contributed by atoms with Gasteiger partial charge in [0, 0.05) is 18.3 Å². The smallest absolute Gasteiger partial charge is 0.182 e. The second-order valence-corrected chi connectivity index (χ2v) is 4.95. The largest absolute Gasteiger partial charge is 0.263 e. The first-order chi connectivity index (χ1) is 6.61. The lowest BCUT2D eigenvalue weighted by Gasteiger charge is -2.02. The lowest BCUT2D eigenvalue weighted by atomic mass is 10.3. The van der Waals surface area contributed by atoms with Crippen LogP contribution in [0.2, 0.25) is 0 Å². The molecule has 0 saturated heterocycles. The highest BCUT2D eigenvalue weighted by Gasteiger charge is 2.17. The number of hydrogen-bond donors (Lipinski definition) is 0. The lowest BCUT2D eigenvalue weighted by molar-refractivity contribution is 0.597. The number of halogens is 1. The van der Waals surface area contributed by atoms with Crippen molar-refractivity contribution in [1.29, 1.82) is 5.26 Å². The number of rotatable bonds is 3. The maximum absolute atomic E-state index is 11.5. The van der Waals surface area contributed by atoms with Gasteiger partial charge in [-0.3, -0.25) is 4.98 Å². The van der Waals surface area contributed by atoms with Crippen LogP contribution >= 0.6 is 11.6 Å². The van der Waals surface area contributed by atoms with E-state index in [1.165, 1.54) is 18.5 Å². The predicted molar refractivity (Wildman–Crippen MR) is 51.7 cm³/mol. The molecule has 0 atom stereocenters. The fourth-order valence-electron chi connectivity index (χ4n) is 0.932. The molecule has 1 aromatic rings. The van der Waals surface area contributed by atoms with Gasteiger partial charge in [0.25, 0.3) is 0 Å². The van der Waals surface area contributed by atoms with E-state index in [0.29, 0.717) is 0 Å². The van der Waals surface area contributed by atoms with Crippen LogP contribution in [0.1, 0.15) is 5.56 Å². The molecule has 0 aliphatic heterocycles. The van der Waals surface area contributed by atoms with Crippen molar-refractivity contribution in [2.45, 2.75) is 4.90 Å². The molecule has 0 fully saturated rings. The molecule has 4 nitrogen and oxygen atoms in total. The average Bonchev–Trinajstić information content (AvgIpc) is 2.18. The van der Waals surface area contributed by atoms with Gasteiger partial charge in [-0.1, -0.05) is 0 Å². The maximum atomic E-state index is 11.5. The highest BCUT2D eigenvalue weighted by atomic mass is 35.5. The second kappa shape index (κ2) is 4.40. The van der Waals surface area contributed by atoms with Crippen LogP contribution in [0.3, 0.4) is 0 Å². The SMILES string of the molecule is N#Cc1ccncc1S(=O)(=O)CCCl. The van der Waals surface area contributed by atoms with Gasteiger partial charge in [0.2, 0.25) is 0 Å². The number of nitriles is 1. The third-order valence-electron chi connectivity index (χ3n) is 1.59. The molecule has 74 valence electrons. The normalized spacial score (nSPS) is 10.9. The number of sulfone groups is 1. The molecule has 6 heteroatoms. The van der Waals surface area contributed by atoms with Gasteiger partial charge in [0.1, 0.15) is 11.0 Å². The van der Waals surface area contributed by atoms with Crippen LogP contribution in [0.4, 0.5) is 0 Å². The van der Waals surface area contributed by atoms with E-state index in [-0.39, 0.29) is 22.1 Å². The molecule has 14 heavy (non-hydrogen) atoms. The van der Waals surface area contributed by atoms with E-state index in [9.17, 15) is 8.42 Å². The molecular weight excluding hydrogens is 224 g/mol. The second-order valence-electron chi connectivity index (χ2n) is 2.49. The Morgan fingerprint density at radius 2 is 2.29 bits per heavy atom. The Kier molecular flexibility index (Phi) is 3.44. The van der Waals surface area contributed by atoms with Gasteiger partial charge < -0.3 is 0 Å². The molecule has 0 saturated carbocycles. The van der Waals surface area contributed by atoms with Crippen LogP contribution in [0.15, 0.2) is 23.4 Å². The molecule has 1 rings (SSSR count). The zero-order chi connectivity index (χ0) is 10.6. The van der Waals surface area contributed by atoms with Crippen LogP contribution < -0.4 is 0 Å². The van der Waals surface area contributed by atoms with Gasteiger partial charge in [-0.05, 0) is 6.07 Å². The van der Waals surface area contributed by atoms with Crippen molar-refractivity contribution in [3.63, 3.8) is 0 Å². The van der Waals surface area contributed by atoms with Crippen molar-refractivity contribution < 1.29 is 8.42 Å². The number of alkyl halides is 1. The first-order valence-corrected chi connectivity index (χ1v) is 5.93. The van der Waals surface area contributed by atoms with Gasteiger partial charge >= 0.3 is 0 Å². The molecule has 0 bridgehead atoms. The minimum atomic E-state index is -3.47. The molecule has 0 aromatic carbocycles. The zero-order valence-electron chi connectivity index (χ0n) is 7.14. The monoisotopic (exact) mass is 230 g/mol. The third-order valence-corrected chi connectivity index (χ3v) is 3.74. The fourth-order valence-corrected chi connectivity index (χ4v) is 2.63. The Labute approximate surface area is 87.1 Å². The summed E-state index contributed by atoms with van der Waals surface area (Å²) in [5.41, 5.74) is 0.102. The van der Waals surface area contributed by atoms with Gasteiger partial charge in [-0.25, -0.2) is 8.42 Å². The highest BCUT2D eigenvalue weighted by Crippen LogP contribution is 2.14. The molecule has 1 heterocycles. The first kappa shape index (κ1) is 11.0. The lowest BCUT2D eigenvalue weighted by Crippen LogP contribution is -2.10. The summed E-state index contributed by atoms with van der Waals surface area (Å²) < 4.78 is 23.1. The van der Waals surface area contributed by atoms with Crippen molar-refractivity contribution in [1.82, 2.24) is 4.98 Å². The van der Waals surface area contributed by atoms with Crippen molar-refractivity contribution in [2.24, 2.45) is 0 Å². The summed E-state index contributed by atoms with van der Waals surface area (Å²) in [6.07, 6.45) is 2.54. The maximum Gasteiger partial charge on any atom is 0.182 e. The van der Waals surface area contributed by atoms with E-state index < -0.39 is 9.84 Å². The van der Waals surface area contributed by atoms with E-state index in [4.69, 9.17) is 16.9 Å². The van der Waals surface area contributed by atoms with E-state index >= 15 is 0 Å². The molecule has 0 unspecified atom stereocenters. The van der Waals surface area contributed by atoms with Gasteiger partial charge in [0.05, 0.1) is 11.3 Å². The summed E-state index contributed by atoms with van der Waals surface area (Å²) in [5.74, 6) is -0.184. The number of hydrogen-bond acceptors (Lipinski definition) is 4. The van der Waals surface area contributed by atoms with E-state index in [1.807, 2.05) is 0 Å². The molecular formula is C8H7ClN2O2S. The Balaban J connectivity index is 3.27. The van der Waals surface area contributed by atoms with Crippen LogP contribution in [0.25, 0.3) is 0 Å². The molecule has 0 aliphatic carbocycles. The number of pyridine rings is 1. The average molecular weight is 231 g/mol. The summed E-state index contributed by atoms with van der Waals surface area (Å²) in [4.78, 5) is 3.62. The molecule has 0 amide bonds. The quantitative estimate of drug-likeness (QED) is 0.726. The Bertz CT molecular complexity index is 464. The minimum absolute atomic E-state index is 0.00208. The molecule has 1 aromatic heterocycles. The summed E-state index contributed by atoms with van der Waals surface area (Å²) in [5, 5.41) is 8.67. The van der Waals surface area contributed by atoms with Crippen molar-refractivity contribution >= 4 is 21.4 Å². The Morgan fingerprint density at radius 3 is 2.86 bits per heavy atom. The van der Waals surface area contributed by atoms with Crippen LogP contribution in [-0.2, 0) is 9.84 Å². The van der Waals surface area contributed by atoms with Crippen molar-refractivity contribution in [2.75, 3.05) is 11.6 Å². The van der Waals surface area contributed by atoms with Crippen LogP contribution in [0.5, 0.6) is 0 Å². The van der Waals surface area contributed by atoms with Crippen molar-refractivity contribution in [3.8, 4) is 6.07 Å². The Morgan fingerprint density at radius 1 is 1.57 bits per heavy atom.